The van der Waals surface area contributed by atoms with E-state index in [-0.39, 0.29) is 5.75 Å². The number of aliphatic imine (C=N–C) groups is 1. The molecule has 0 aromatic heterocycles. The molecule has 0 radical (unpaired) electrons. The second-order valence-corrected chi connectivity index (χ2v) is 6.25. The molecule has 2 aromatic rings. The highest BCUT2D eigenvalue weighted by Gasteiger charge is 2.04. The Balaban J connectivity index is 2.43. The van der Waals surface area contributed by atoms with Gasteiger partial charge in [-0.25, -0.2) is 4.99 Å². The third kappa shape index (κ3) is 5.84. The van der Waals surface area contributed by atoms with Gasteiger partial charge in [-0.1, -0.05) is 37.3 Å². The Hall–Kier alpha value is -2.46. The quantitative estimate of drug-likeness (QED) is 0.325. The molecule has 0 bridgehead atoms. The summed E-state index contributed by atoms with van der Waals surface area (Å²) < 4.78 is 0. The van der Waals surface area contributed by atoms with E-state index >= 15 is 0 Å². The number of phenolic OH excluding ortho intramolecular Hbond substituents is 1. The lowest BCUT2D eigenvalue weighted by molar-refractivity contribution is 0.475. The second kappa shape index (κ2) is 9.14. The van der Waals surface area contributed by atoms with Crippen LogP contribution in [0.2, 0.25) is 0 Å². The van der Waals surface area contributed by atoms with E-state index in [1.165, 1.54) is 0 Å². The summed E-state index contributed by atoms with van der Waals surface area (Å²) in [5.41, 5.74) is 2.84. The van der Waals surface area contributed by atoms with Crippen LogP contribution in [-0.2, 0) is 0 Å². The Morgan fingerprint density at radius 3 is 2.36 bits per heavy atom. The molecule has 0 aliphatic rings. The Labute approximate surface area is 155 Å². The van der Waals surface area contributed by atoms with E-state index < -0.39 is 0 Å². The van der Waals surface area contributed by atoms with Gasteiger partial charge in [0.05, 0.1) is 5.70 Å². The van der Waals surface area contributed by atoms with Gasteiger partial charge in [0, 0.05) is 23.7 Å². The number of benzene rings is 2. The van der Waals surface area contributed by atoms with Crippen LogP contribution in [0.1, 0.15) is 31.4 Å². The third-order valence-corrected chi connectivity index (χ3v) is 4.02. The molecule has 0 heterocycles. The van der Waals surface area contributed by atoms with Crippen molar-refractivity contribution in [3.05, 3.63) is 71.9 Å². The van der Waals surface area contributed by atoms with Crippen LogP contribution in [0.4, 0.5) is 0 Å². The largest absolute Gasteiger partial charge is 0.508 e. The molecule has 0 aliphatic carbocycles. The Morgan fingerprint density at radius 1 is 1.12 bits per heavy atom. The van der Waals surface area contributed by atoms with E-state index in [9.17, 15) is 5.11 Å². The molecule has 0 unspecified atom stereocenters. The van der Waals surface area contributed by atoms with Crippen molar-refractivity contribution < 1.29 is 5.11 Å². The average Bonchev–Trinajstić information content (AvgIpc) is 2.61. The summed E-state index contributed by atoms with van der Waals surface area (Å²) in [6.07, 6.45) is 7.11. The summed E-state index contributed by atoms with van der Waals surface area (Å²) in [6, 6.07) is 15.0. The SMILES string of the molecule is CC/C=C\N(C)C(C)=N/C(=C/c1ccc(O)cc1)c1ccc(S)cc1. The highest BCUT2D eigenvalue weighted by atomic mass is 32.1. The average molecular weight is 353 g/mol. The molecule has 0 saturated carbocycles. The minimum atomic E-state index is 0.252. The predicted octanol–water partition coefficient (Wildman–Crippen LogP) is 5.45. The first kappa shape index (κ1) is 18.9. The third-order valence-electron chi connectivity index (χ3n) is 3.72. The zero-order valence-electron chi connectivity index (χ0n) is 14.8. The Morgan fingerprint density at radius 2 is 1.76 bits per heavy atom. The van der Waals surface area contributed by atoms with Crippen molar-refractivity contribution in [2.45, 2.75) is 25.2 Å². The molecule has 2 rings (SSSR count). The molecule has 0 atom stereocenters. The number of amidine groups is 1. The maximum atomic E-state index is 9.47. The lowest BCUT2D eigenvalue weighted by Gasteiger charge is -2.14. The highest BCUT2D eigenvalue weighted by molar-refractivity contribution is 7.80. The van der Waals surface area contributed by atoms with Gasteiger partial charge in [-0.05, 0) is 49.2 Å². The van der Waals surface area contributed by atoms with Crippen LogP contribution in [0.5, 0.6) is 5.75 Å². The molecule has 0 fully saturated rings. The fraction of sp³-hybridized carbons (Fsp3) is 0.190. The van der Waals surface area contributed by atoms with Gasteiger partial charge in [-0.2, -0.15) is 0 Å². The van der Waals surface area contributed by atoms with E-state index in [2.05, 4.69) is 25.6 Å². The van der Waals surface area contributed by atoms with Crippen molar-refractivity contribution >= 4 is 30.2 Å². The van der Waals surface area contributed by atoms with Gasteiger partial charge in [-0.15, -0.1) is 12.6 Å². The minimum Gasteiger partial charge on any atom is -0.508 e. The number of thiol groups is 1. The van der Waals surface area contributed by atoms with E-state index in [1.807, 2.05) is 67.5 Å². The van der Waals surface area contributed by atoms with E-state index in [4.69, 9.17) is 4.99 Å². The molecule has 0 aliphatic heterocycles. The fourth-order valence-electron chi connectivity index (χ4n) is 2.17. The first-order chi connectivity index (χ1) is 12.0. The van der Waals surface area contributed by atoms with Gasteiger partial charge in [-0.3, -0.25) is 0 Å². The Bertz CT molecular complexity index is 775. The molecule has 0 saturated heterocycles. The number of aromatic hydroxyl groups is 1. The monoisotopic (exact) mass is 352 g/mol. The van der Waals surface area contributed by atoms with Crippen LogP contribution >= 0.6 is 12.6 Å². The summed E-state index contributed by atoms with van der Waals surface area (Å²) in [5.74, 6) is 1.15. The molecule has 2 aromatic carbocycles. The highest BCUT2D eigenvalue weighted by Crippen LogP contribution is 2.23. The molecule has 130 valence electrons. The molecule has 25 heavy (non-hydrogen) atoms. The number of phenols is 1. The molecule has 3 nitrogen and oxygen atoms in total. The first-order valence-corrected chi connectivity index (χ1v) is 8.69. The topological polar surface area (TPSA) is 35.8 Å². The Kier molecular flexibility index (Phi) is 6.90. The summed E-state index contributed by atoms with van der Waals surface area (Å²) >= 11 is 4.35. The van der Waals surface area contributed by atoms with E-state index in [0.29, 0.717) is 0 Å². The summed E-state index contributed by atoms with van der Waals surface area (Å²) in [7, 11) is 1.99. The van der Waals surface area contributed by atoms with Gasteiger partial charge in [0.15, 0.2) is 0 Å². The molecular weight excluding hydrogens is 328 g/mol. The van der Waals surface area contributed by atoms with Crippen molar-refractivity contribution in [3.63, 3.8) is 0 Å². The standard InChI is InChI=1S/C21H24N2OS/c1-4-5-14-23(3)16(2)22-21(18-8-12-20(25)13-9-18)15-17-6-10-19(24)11-7-17/h5-15,24-25H,4H2,1-3H3/b14-5-,21-15+,22-16?. The number of nitrogens with zero attached hydrogens (tertiary/aromatic N) is 2. The fourth-order valence-corrected chi connectivity index (χ4v) is 2.31. The van der Waals surface area contributed by atoms with Gasteiger partial charge in [0.2, 0.25) is 0 Å². The van der Waals surface area contributed by atoms with Crippen LogP contribution in [0.3, 0.4) is 0 Å². The number of rotatable bonds is 5. The van der Waals surface area contributed by atoms with Crippen LogP contribution in [0.15, 0.2) is 70.7 Å². The second-order valence-electron chi connectivity index (χ2n) is 5.73. The van der Waals surface area contributed by atoms with Crippen LogP contribution in [-0.4, -0.2) is 22.9 Å². The first-order valence-electron chi connectivity index (χ1n) is 8.24. The molecular formula is C21H24N2OS. The normalized spacial score (nSPS) is 12.6. The summed E-state index contributed by atoms with van der Waals surface area (Å²) in [5, 5.41) is 9.47. The number of hydrogen-bond acceptors (Lipinski definition) is 3. The van der Waals surface area contributed by atoms with Gasteiger partial charge in [0.25, 0.3) is 0 Å². The number of allylic oxidation sites excluding steroid dienone is 1. The maximum Gasteiger partial charge on any atom is 0.115 e. The smallest absolute Gasteiger partial charge is 0.115 e. The zero-order chi connectivity index (χ0) is 18.2. The van der Waals surface area contributed by atoms with Crippen LogP contribution in [0.25, 0.3) is 11.8 Å². The van der Waals surface area contributed by atoms with Crippen molar-refractivity contribution in [2.24, 2.45) is 4.99 Å². The lowest BCUT2D eigenvalue weighted by atomic mass is 10.1. The van der Waals surface area contributed by atoms with Crippen molar-refractivity contribution in [2.75, 3.05) is 7.05 Å². The summed E-state index contributed by atoms with van der Waals surface area (Å²) in [6.45, 7) is 4.09. The van der Waals surface area contributed by atoms with E-state index in [1.54, 1.807) is 12.1 Å². The van der Waals surface area contributed by atoms with Gasteiger partial charge >= 0.3 is 0 Å². The van der Waals surface area contributed by atoms with Gasteiger partial charge < -0.3 is 10.0 Å². The maximum absolute atomic E-state index is 9.47. The predicted molar refractivity (Wildman–Crippen MR) is 110 cm³/mol. The van der Waals surface area contributed by atoms with Crippen LogP contribution < -0.4 is 0 Å². The van der Waals surface area contributed by atoms with Crippen molar-refractivity contribution in [1.29, 1.82) is 0 Å². The van der Waals surface area contributed by atoms with Crippen molar-refractivity contribution in [1.82, 2.24) is 4.90 Å². The molecule has 4 heteroatoms. The van der Waals surface area contributed by atoms with E-state index in [0.717, 1.165) is 34.0 Å². The van der Waals surface area contributed by atoms with Gasteiger partial charge in [0.1, 0.15) is 11.6 Å². The molecule has 0 amide bonds. The van der Waals surface area contributed by atoms with Crippen LogP contribution in [0, 0.1) is 0 Å². The number of hydrogen-bond donors (Lipinski definition) is 2. The van der Waals surface area contributed by atoms with Crippen molar-refractivity contribution in [3.8, 4) is 5.75 Å². The zero-order valence-corrected chi connectivity index (χ0v) is 15.7. The molecule has 1 N–H and O–H groups in total. The summed E-state index contributed by atoms with van der Waals surface area (Å²) in [4.78, 5) is 7.73. The lowest BCUT2D eigenvalue weighted by Crippen LogP contribution is -2.17. The minimum absolute atomic E-state index is 0.252. The molecule has 0 spiro atoms.